The van der Waals surface area contributed by atoms with E-state index in [4.69, 9.17) is 15.6 Å². The lowest BCUT2D eigenvalue weighted by Crippen LogP contribution is -2.24. The van der Waals surface area contributed by atoms with E-state index < -0.39 is 0 Å². The van der Waals surface area contributed by atoms with Gasteiger partial charge >= 0.3 is 0 Å². The highest BCUT2D eigenvalue weighted by atomic mass is 16.5. The molecule has 0 bridgehead atoms. The van der Waals surface area contributed by atoms with E-state index in [0.717, 1.165) is 41.4 Å². The average Bonchev–Trinajstić information content (AvgIpc) is 2.88. The molecule has 1 heterocycles. The Morgan fingerprint density at radius 1 is 1.08 bits per heavy atom. The Labute approximate surface area is 149 Å². The van der Waals surface area contributed by atoms with Crippen LogP contribution >= 0.6 is 0 Å². The molecule has 4 heteroatoms. The molecule has 0 unspecified atom stereocenters. The van der Waals surface area contributed by atoms with Crippen molar-refractivity contribution in [3.05, 3.63) is 42.0 Å². The number of fused-ring (bicyclic) bond motifs is 1. The van der Waals surface area contributed by atoms with Crippen LogP contribution < -0.4 is 10.5 Å². The van der Waals surface area contributed by atoms with Crippen LogP contribution in [0.5, 0.6) is 5.75 Å². The monoisotopic (exact) mass is 337 g/mol. The number of rotatable bonds is 4. The molecular weight excluding hydrogens is 310 g/mol. The Morgan fingerprint density at radius 3 is 2.40 bits per heavy atom. The molecule has 2 aromatic carbocycles. The van der Waals surface area contributed by atoms with Crippen LogP contribution in [0.1, 0.15) is 39.7 Å². The van der Waals surface area contributed by atoms with Crippen molar-refractivity contribution in [2.75, 3.05) is 12.3 Å². The van der Waals surface area contributed by atoms with E-state index in [1.807, 2.05) is 17.7 Å². The number of hydrogen-bond donors (Lipinski definition) is 1. The zero-order valence-corrected chi connectivity index (χ0v) is 15.8. The molecule has 2 N–H and O–H groups in total. The summed E-state index contributed by atoms with van der Waals surface area (Å²) in [5.41, 5.74) is 9.20. The second-order valence-corrected chi connectivity index (χ2v) is 7.51. The van der Waals surface area contributed by atoms with Gasteiger partial charge in [0.25, 0.3) is 0 Å². The third-order valence-corrected chi connectivity index (χ3v) is 4.36. The lowest BCUT2D eigenvalue weighted by atomic mass is 10.0. The van der Waals surface area contributed by atoms with Crippen LogP contribution in [0, 0.1) is 6.92 Å². The number of benzene rings is 2. The first-order valence-electron chi connectivity index (χ1n) is 8.84. The van der Waals surface area contributed by atoms with Gasteiger partial charge in [-0.1, -0.05) is 25.1 Å². The van der Waals surface area contributed by atoms with Crippen molar-refractivity contribution < 1.29 is 4.74 Å². The molecule has 3 rings (SSSR count). The highest BCUT2D eigenvalue weighted by Gasteiger charge is 2.22. The summed E-state index contributed by atoms with van der Waals surface area (Å²) >= 11 is 0. The fourth-order valence-corrected chi connectivity index (χ4v) is 2.98. The number of hydrogen-bond acceptors (Lipinski definition) is 3. The molecule has 0 radical (unpaired) electrons. The molecule has 0 amide bonds. The molecule has 0 saturated heterocycles. The van der Waals surface area contributed by atoms with Crippen LogP contribution in [-0.4, -0.2) is 16.4 Å². The van der Waals surface area contributed by atoms with Crippen molar-refractivity contribution in [3.8, 4) is 17.0 Å². The van der Waals surface area contributed by atoms with E-state index in [2.05, 4.69) is 58.0 Å². The Kier molecular flexibility index (Phi) is 4.46. The number of ether oxygens (including phenoxy) is 1. The maximum absolute atomic E-state index is 6.29. The van der Waals surface area contributed by atoms with Crippen LogP contribution in [-0.2, 0) is 5.54 Å². The van der Waals surface area contributed by atoms with Gasteiger partial charge in [-0.15, -0.1) is 0 Å². The van der Waals surface area contributed by atoms with Crippen molar-refractivity contribution in [1.29, 1.82) is 0 Å². The standard InChI is InChI=1S/C21H27N3O/c1-6-11-25-18-10-9-15-12-17(8-7-16(15)13-18)19-14(2)20(22)24(23-19)21(3,4)5/h7-10,12-13H,6,11,22H2,1-5H3. The minimum atomic E-state index is -0.143. The van der Waals surface area contributed by atoms with Gasteiger partial charge < -0.3 is 10.5 Å². The molecule has 0 aliphatic carbocycles. The first kappa shape index (κ1) is 17.3. The smallest absolute Gasteiger partial charge is 0.125 e. The summed E-state index contributed by atoms with van der Waals surface area (Å²) in [4.78, 5) is 0. The van der Waals surface area contributed by atoms with E-state index >= 15 is 0 Å². The molecule has 0 fully saturated rings. The van der Waals surface area contributed by atoms with E-state index in [-0.39, 0.29) is 5.54 Å². The third-order valence-electron chi connectivity index (χ3n) is 4.36. The summed E-state index contributed by atoms with van der Waals surface area (Å²) in [6.45, 7) is 11.2. The number of nitrogens with zero attached hydrogens (tertiary/aromatic N) is 2. The van der Waals surface area contributed by atoms with Gasteiger partial charge in [-0.25, -0.2) is 4.68 Å². The molecule has 3 aromatic rings. The molecule has 132 valence electrons. The predicted molar refractivity (Wildman–Crippen MR) is 105 cm³/mol. The maximum atomic E-state index is 6.29. The van der Waals surface area contributed by atoms with Crippen LogP contribution in [0.3, 0.4) is 0 Å². The number of nitrogens with two attached hydrogens (primary N) is 1. The molecule has 0 saturated carbocycles. The van der Waals surface area contributed by atoms with Crippen LogP contribution in [0.15, 0.2) is 36.4 Å². The molecule has 0 aliphatic heterocycles. The summed E-state index contributed by atoms with van der Waals surface area (Å²) in [6, 6.07) is 12.6. The Hall–Kier alpha value is -2.49. The van der Waals surface area contributed by atoms with Crippen molar-refractivity contribution in [1.82, 2.24) is 9.78 Å². The summed E-state index contributed by atoms with van der Waals surface area (Å²) in [5, 5.41) is 7.12. The number of nitrogen functional groups attached to an aromatic ring is 1. The minimum Gasteiger partial charge on any atom is -0.494 e. The van der Waals surface area contributed by atoms with Crippen LogP contribution in [0.4, 0.5) is 5.82 Å². The van der Waals surface area contributed by atoms with Crippen molar-refractivity contribution in [2.45, 2.75) is 46.6 Å². The average molecular weight is 337 g/mol. The van der Waals surface area contributed by atoms with Gasteiger partial charge in [0.2, 0.25) is 0 Å². The number of anilines is 1. The zero-order valence-electron chi connectivity index (χ0n) is 15.8. The van der Waals surface area contributed by atoms with E-state index in [9.17, 15) is 0 Å². The molecule has 25 heavy (non-hydrogen) atoms. The SMILES string of the molecule is CCCOc1ccc2cc(-c3nn(C(C)(C)C)c(N)c3C)ccc2c1. The van der Waals surface area contributed by atoms with Gasteiger partial charge in [0.15, 0.2) is 0 Å². The lowest BCUT2D eigenvalue weighted by molar-refractivity contribution is 0.318. The fourth-order valence-electron chi connectivity index (χ4n) is 2.98. The summed E-state index contributed by atoms with van der Waals surface area (Å²) in [5.74, 6) is 1.64. The quantitative estimate of drug-likeness (QED) is 0.717. The zero-order chi connectivity index (χ0) is 18.2. The Balaban J connectivity index is 2.03. The van der Waals surface area contributed by atoms with Crippen molar-refractivity contribution >= 4 is 16.6 Å². The predicted octanol–water partition coefficient (Wildman–Crippen LogP) is 5.14. The molecule has 0 atom stereocenters. The summed E-state index contributed by atoms with van der Waals surface area (Å²) < 4.78 is 7.63. The highest BCUT2D eigenvalue weighted by molar-refractivity contribution is 5.88. The summed E-state index contributed by atoms with van der Waals surface area (Å²) in [7, 11) is 0. The lowest BCUT2D eigenvalue weighted by Gasteiger charge is -2.20. The largest absolute Gasteiger partial charge is 0.494 e. The normalized spacial score (nSPS) is 11.9. The van der Waals surface area contributed by atoms with E-state index in [1.165, 1.54) is 10.8 Å². The molecule has 0 aliphatic rings. The number of aromatic nitrogens is 2. The molecular formula is C21H27N3O. The minimum absolute atomic E-state index is 0.143. The van der Waals surface area contributed by atoms with Crippen molar-refractivity contribution in [2.24, 2.45) is 0 Å². The van der Waals surface area contributed by atoms with Crippen LogP contribution in [0.2, 0.25) is 0 Å². The van der Waals surface area contributed by atoms with Gasteiger partial charge in [-0.05, 0) is 63.1 Å². The fraction of sp³-hybridized carbons (Fsp3) is 0.381. The van der Waals surface area contributed by atoms with Crippen LogP contribution in [0.25, 0.3) is 22.0 Å². The topological polar surface area (TPSA) is 53.1 Å². The molecule has 1 aromatic heterocycles. The van der Waals surface area contributed by atoms with Gasteiger partial charge in [0.05, 0.1) is 17.8 Å². The summed E-state index contributed by atoms with van der Waals surface area (Å²) in [6.07, 6.45) is 1.01. The van der Waals surface area contributed by atoms with Gasteiger partial charge in [-0.3, -0.25) is 0 Å². The third kappa shape index (κ3) is 3.34. The van der Waals surface area contributed by atoms with Gasteiger partial charge in [0.1, 0.15) is 11.6 Å². The van der Waals surface area contributed by atoms with E-state index in [0.29, 0.717) is 0 Å². The molecule has 4 nitrogen and oxygen atoms in total. The first-order valence-corrected chi connectivity index (χ1v) is 8.84. The Bertz CT molecular complexity index is 903. The molecule has 0 spiro atoms. The van der Waals surface area contributed by atoms with Crippen molar-refractivity contribution in [3.63, 3.8) is 0 Å². The second-order valence-electron chi connectivity index (χ2n) is 7.51. The van der Waals surface area contributed by atoms with Gasteiger partial charge in [-0.2, -0.15) is 5.10 Å². The van der Waals surface area contributed by atoms with E-state index in [1.54, 1.807) is 0 Å². The second kappa shape index (κ2) is 6.43. The maximum Gasteiger partial charge on any atom is 0.125 e. The first-order chi connectivity index (χ1) is 11.8. The highest BCUT2D eigenvalue weighted by Crippen LogP contribution is 2.32. The van der Waals surface area contributed by atoms with Gasteiger partial charge in [0, 0.05) is 11.1 Å². The Morgan fingerprint density at radius 2 is 1.76 bits per heavy atom.